The third-order valence-corrected chi connectivity index (χ3v) is 5.72. The van der Waals surface area contributed by atoms with Crippen LogP contribution in [-0.4, -0.2) is 34.7 Å². The summed E-state index contributed by atoms with van der Waals surface area (Å²) in [5.41, 5.74) is 2.62. The highest BCUT2D eigenvalue weighted by atomic mass is 16.2. The number of amides is 3. The number of imide groups is 1. The summed E-state index contributed by atoms with van der Waals surface area (Å²) in [4.78, 5) is 39.2. The lowest BCUT2D eigenvalue weighted by atomic mass is 9.93. The van der Waals surface area contributed by atoms with Gasteiger partial charge in [0.25, 0.3) is 5.91 Å². The summed E-state index contributed by atoms with van der Waals surface area (Å²) in [7, 11) is 0. The highest BCUT2D eigenvalue weighted by Crippen LogP contribution is 2.24. The van der Waals surface area contributed by atoms with Gasteiger partial charge in [-0.3, -0.25) is 14.5 Å². The molecule has 0 saturated carbocycles. The van der Waals surface area contributed by atoms with Crippen molar-refractivity contribution in [1.29, 1.82) is 0 Å². The number of benzene rings is 3. The maximum Gasteiger partial charge on any atom is 0.325 e. The average molecular weight is 412 g/mol. The van der Waals surface area contributed by atoms with Crippen molar-refractivity contribution >= 4 is 17.7 Å². The monoisotopic (exact) mass is 412 g/mol. The first kappa shape index (κ1) is 20.5. The first-order valence-corrected chi connectivity index (χ1v) is 10.3. The van der Waals surface area contributed by atoms with Gasteiger partial charge in [0.15, 0.2) is 5.78 Å². The minimum absolute atomic E-state index is 0.268. The Morgan fingerprint density at radius 2 is 1.42 bits per heavy atom. The number of hydrogen-bond donors (Lipinski definition) is 1. The number of ketones is 1. The lowest BCUT2D eigenvalue weighted by Crippen LogP contribution is -2.44. The van der Waals surface area contributed by atoms with Gasteiger partial charge in [-0.1, -0.05) is 84.9 Å². The van der Waals surface area contributed by atoms with Crippen LogP contribution < -0.4 is 5.32 Å². The highest BCUT2D eigenvalue weighted by Gasteiger charge is 2.47. The van der Waals surface area contributed by atoms with Crippen LogP contribution in [0, 0.1) is 0 Å². The van der Waals surface area contributed by atoms with Gasteiger partial charge >= 0.3 is 6.03 Å². The van der Waals surface area contributed by atoms with Gasteiger partial charge in [-0.25, -0.2) is 4.79 Å². The van der Waals surface area contributed by atoms with Gasteiger partial charge in [-0.15, -0.1) is 0 Å². The Morgan fingerprint density at radius 3 is 2.06 bits per heavy atom. The van der Waals surface area contributed by atoms with Gasteiger partial charge in [0.1, 0.15) is 5.54 Å². The van der Waals surface area contributed by atoms with E-state index in [4.69, 9.17) is 0 Å². The number of aryl methyl sites for hydroxylation is 1. The second kappa shape index (κ2) is 8.56. The van der Waals surface area contributed by atoms with E-state index >= 15 is 0 Å². The standard InChI is InChI=1S/C26H24N2O3/c1-26(17-16-19-8-4-2-5-9-19)24(30)28(25(31)27-26)18-23(29)22-14-12-21(13-15-22)20-10-6-3-7-11-20/h2-15H,16-18H2,1H3,(H,27,31)/t26-/m1/s1. The molecule has 1 aliphatic heterocycles. The maximum atomic E-state index is 13.0. The van der Waals surface area contributed by atoms with Gasteiger partial charge in [0.05, 0.1) is 6.54 Å². The zero-order chi connectivity index (χ0) is 21.8. The Kier molecular flexibility index (Phi) is 5.67. The molecule has 4 rings (SSSR count). The summed E-state index contributed by atoms with van der Waals surface area (Å²) in [6.07, 6.45) is 1.13. The van der Waals surface area contributed by atoms with Crippen molar-refractivity contribution in [2.45, 2.75) is 25.3 Å². The van der Waals surface area contributed by atoms with E-state index in [0.29, 0.717) is 18.4 Å². The van der Waals surface area contributed by atoms with Crippen LogP contribution in [0.25, 0.3) is 11.1 Å². The zero-order valence-electron chi connectivity index (χ0n) is 17.4. The molecule has 3 amide bonds. The van der Waals surface area contributed by atoms with E-state index in [-0.39, 0.29) is 18.2 Å². The quantitative estimate of drug-likeness (QED) is 0.460. The van der Waals surface area contributed by atoms with Crippen molar-refractivity contribution in [3.63, 3.8) is 0 Å². The number of carbonyl (C=O) groups is 3. The largest absolute Gasteiger partial charge is 0.325 e. The van der Waals surface area contributed by atoms with Crippen LogP contribution in [0.2, 0.25) is 0 Å². The Morgan fingerprint density at radius 1 is 0.839 bits per heavy atom. The molecular formula is C26H24N2O3. The molecule has 0 unspecified atom stereocenters. The van der Waals surface area contributed by atoms with Gasteiger partial charge in [0, 0.05) is 5.56 Å². The van der Waals surface area contributed by atoms with Gasteiger partial charge in [0.2, 0.25) is 0 Å². The fourth-order valence-electron chi connectivity index (χ4n) is 3.81. The van der Waals surface area contributed by atoms with Crippen molar-refractivity contribution in [2.75, 3.05) is 6.54 Å². The lowest BCUT2D eigenvalue weighted by molar-refractivity contribution is -0.130. The minimum Gasteiger partial charge on any atom is -0.323 e. The molecule has 1 fully saturated rings. The van der Waals surface area contributed by atoms with Crippen molar-refractivity contribution in [3.8, 4) is 11.1 Å². The predicted octanol–water partition coefficient (Wildman–Crippen LogP) is 4.48. The average Bonchev–Trinajstić information content (AvgIpc) is 3.02. The summed E-state index contributed by atoms with van der Waals surface area (Å²) >= 11 is 0. The summed E-state index contributed by atoms with van der Waals surface area (Å²) in [6.45, 7) is 1.45. The fraction of sp³-hybridized carbons (Fsp3) is 0.192. The smallest absolute Gasteiger partial charge is 0.323 e. The third kappa shape index (κ3) is 4.40. The van der Waals surface area contributed by atoms with Crippen molar-refractivity contribution in [3.05, 3.63) is 96.1 Å². The number of carbonyl (C=O) groups excluding carboxylic acids is 3. The molecule has 5 heteroatoms. The number of nitrogens with one attached hydrogen (secondary N) is 1. The van der Waals surface area contributed by atoms with Crippen LogP contribution in [0.3, 0.4) is 0 Å². The van der Waals surface area contributed by atoms with Crippen LogP contribution in [0.1, 0.15) is 29.3 Å². The number of Topliss-reactive ketones (excluding diaryl/α,β-unsaturated/α-hetero) is 1. The molecule has 0 aromatic heterocycles. The SMILES string of the molecule is C[C@]1(CCc2ccccc2)NC(=O)N(CC(=O)c2ccc(-c3ccccc3)cc2)C1=O. The van der Waals surface area contributed by atoms with E-state index < -0.39 is 11.6 Å². The second-order valence-corrected chi connectivity index (χ2v) is 8.01. The normalized spacial score (nSPS) is 18.2. The predicted molar refractivity (Wildman–Crippen MR) is 120 cm³/mol. The first-order valence-electron chi connectivity index (χ1n) is 10.3. The van der Waals surface area contributed by atoms with Gasteiger partial charge in [-0.05, 0) is 36.5 Å². The molecule has 0 radical (unpaired) electrons. The molecule has 0 aliphatic carbocycles. The molecule has 1 atom stereocenters. The van der Waals surface area contributed by atoms with Gasteiger partial charge in [-0.2, -0.15) is 0 Å². The molecule has 156 valence electrons. The maximum absolute atomic E-state index is 13.0. The molecule has 1 saturated heterocycles. The molecule has 1 N–H and O–H groups in total. The van der Waals surface area contributed by atoms with Gasteiger partial charge < -0.3 is 5.32 Å². The van der Waals surface area contributed by atoms with Crippen molar-refractivity contribution < 1.29 is 14.4 Å². The topological polar surface area (TPSA) is 66.5 Å². The Labute approximate surface area is 181 Å². The molecule has 1 aliphatic rings. The molecule has 1 heterocycles. The molecule has 0 spiro atoms. The third-order valence-electron chi connectivity index (χ3n) is 5.72. The second-order valence-electron chi connectivity index (χ2n) is 8.01. The molecule has 3 aromatic carbocycles. The molecule has 31 heavy (non-hydrogen) atoms. The number of urea groups is 1. The van der Waals surface area contributed by atoms with E-state index in [9.17, 15) is 14.4 Å². The zero-order valence-corrected chi connectivity index (χ0v) is 17.4. The summed E-state index contributed by atoms with van der Waals surface area (Å²) in [5.74, 6) is -0.627. The molecule has 0 bridgehead atoms. The summed E-state index contributed by atoms with van der Waals surface area (Å²) in [5, 5.41) is 2.77. The van der Waals surface area contributed by atoms with Crippen molar-refractivity contribution in [1.82, 2.24) is 10.2 Å². The van der Waals surface area contributed by atoms with Crippen molar-refractivity contribution in [2.24, 2.45) is 0 Å². The van der Waals surface area contributed by atoms with Crippen LogP contribution in [-0.2, 0) is 11.2 Å². The highest BCUT2D eigenvalue weighted by molar-refractivity contribution is 6.11. The number of rotatable bonds is 7. The Hall–Kier alpha value is -3.73. The summed E-state index contributed by atoms with van der Waals surface area (Å²) < 4.78 is 0. The van der Waals surface area contributed by atoms with E-state index in [2.05, 4.69) is 5.32 Å². The number of nitrogens with zero attached hydrogens (tertiary/aromatic N) is 1. The van der Waals surface area contributed by atoms with Crippen LogP contribution in [0.15, 0.2) is 84.9 Å². The van der Waals surface area contributed by atoms with Crippen LogP contribution in [0.4, 0.5) is 4.79 Å². The Bertz CT molecular complexity index is 1090. The number of hydrogen-bond acceptors (Lipinski definition) is 3. The molecular weight excluding hydrogens is 388 g/mol. The van der Waals surface area contributed by atoms with E-state index in [1.54, 1.807) is 19.1 Å². The molecule has 5 nitrogen and oxygen atoms in total. The van der Waals surface area contributed by atoms with Crippen LogP contribution >= 0.6 is 0 Å². The van der Waals surface area contributed by atoms with Crippen LogP contribution in [0.5, 0.6) is 0 Å². The lowest BCUT2D eigenvalue weighted by Gasteiger charge is -2.21. The van der Waals surface area contributed by atoms with E-state index in [1.165, 1.54) is 0 Å². The molecule has 3 aromatic rings. The Balaban J connectivity index is 1.42. The van der Waals surface area contributed by atoms with E-state index in [1.807, 2.05) is 72.8 Å². The fourth-order valence-corrected chi connectivity index (χ4v) is 3.81. The van der Waals surface area contributed by atoms with E-state index in [0.717, 1.165) is 21.6 Å². The first-order chi connectivity index (χ1) is 15.0. The minimum atomic E-state index is -1.01. The summed E-state index contributed by atoms with van der Waals surface area (Å²) in [6, 6.07) is 26.4.